The van der Waals surface area contributed by atoms with Gasteiger partial charge in [0, 0.05) is 5.02 Å². The predicted molar refractivity (Wildman–Crippen MR) is 338 cm³/mol. The number of rotatable bonds is 9. The lowest BCUT2D eigenvalue weighted by Gasteiger charge is -2.27. The molecule has 7 unspecified atom stereocenters. The van der Waals surface area contributed by atoms with Crippen molar-refractivity contribution in [3.05, 3.63) is 209 Å². The third kappa shape index (κ3) is 16.0. The summed E-state index contributed by atoms with van der Waals surface area (Å²) in [4.78, 5) is 57.6. The van der Waals surface area contributed by atoms with Gasteiger partial charge >= 0.3 is 10.1 Å². The number of hydrogen-bond donors (Lipinski definition) is 5. The van der Waals surface area contributed by atoms with Gasteiger partial charge in [-0.1, -0.05) is 148 Å². The second-order valence-corrected chi connectivity index (χ2v) is 24.1. The molecular formula is C66H75ClN10O8S. The van der Waals surface area contributed by atoms with Gasteiger partial charge in [0.1, 0.15) is 10.6 Å². The molecule has 0 saturated carbocycles. The molecule has 0 aromatic heterocycles. The standard InChI is InChI=1S/C23H22N2O4S.3C11H14N2O.C10H11ClN2O/c1-16-8-12-20(13-9-16)29-30(27,28)21-14-10-19(11-15-21)25-22(17(2)23(26)24-25)18-6-4-3-5-7-18;1-8-3-5-10(6-4-8)13-7-9(2)11(14)12-13;1-8-4-3-5-10(6-8)13-7-9(2)11(14)12-13;1-8-9(2)13(12-11(8)14)10-6-4-3-5-7-10;1-7-6-13(12-10(7)14)9-4-2-3-8(11)5-9/h3-15,17,22H,1-2H3,(H,24,26);2*3-6,9H,7H2,1-2H3,(H,12,14);3-9H,1-2H3,(H,12,14);2-5,7H,6H2,1H3,(H,12,14). The Kier molecular flexibility index (Phi) is 20.7. The second-order valence-electron chi connectivity index (χ2n) is 22.2. The summed E-state index contributed by atoms with van der Waals surface area (Å²) in [7, 11) is -3.96. The Labute approximate surface area is 509 Å². The van der Waals surface area contributed by atoms with E-state index in [0.717, 1.165) is 47.0 Å². The Hall–Kier alpha value is -9.07. The Morgan fingerprint density at radius 3 is 1.33 bits per heavy atom. The van der Waals surface area contributed by atoms with E-state index in [-0.39, 0.29) is 81.9 Å². The molecule has 0 spiro atoms. The van der Waals surface area contributed by atoms with Crippen LogP contribution in [0.3, 0.4) is 0 Å². The maximum Gasteiger partial charge on any atom is 0.339 e. The lowest BCUT2D eigenvalue weighted by Crippen LogP contribution is -2.37. The van der Waals surface area contributed by atoms with Crippen LogP contribution in [0.25, 0.3) is 0 Å². The third-order valence-corrected chi connectivity index (χ3v) is 16.7. The first-order valence-corrected chi connectivity index (χ1v) is 30.4. The van der Waals surface area contributed by atoms with Crippen LogP contribution in [0.2, 0.25) is 5.02 Å². The Morgan fingerprint density at radius 1 is 0.419 bits per heavy atom. The molecule has 0 aliphatic carbocycles. The van der Waals surface area contributed by atoms with Crippen LogP contribution in [0.1, 0.15) is 69.8 Å². The molecule has 7 aromatic carbocycles. The molecule has 86 heavy (non-hydrogen) atoms. The van der Waals surface area contributed by atoms with E-state index >= 15 is 0 Å². The fraction of sp³-hybridized carbons (Fsp3) is 0.288. The van der Waals surface area contributed by atoms with Crippen LogP contribution in [-0.4, -0.2) is 63.6 Å². The van der Waals surface area contributed by atoms with Crippen molar-refractivity contribution in [3.8, 4) is 5.75 Å². The number of anilines is 5. The molecule has 5 aliphatic rings. The number of para-hydroxylation sites is 1. The predicted octanol–water partition coefficient (Wildman–Crippen LogP) is 10.3. The number of halogens is 1. The lowest BCUT2D eigenvalue weighted by atomic mass is 9.95. The van der Waals surface area contributed by atoms with Crippen molar-refractivity contribution in [2.24, 2.45) is 29.6 Å². The smallest absolute Gasteiger partial charge is 0.339 e. The van der Waals surface area contributed by atoms with Gasteiger partial charge in [-0.3, -0.25) is 76.1 Å². The number of nitrogens with one attached hydrogen (secondary N) is 5. The molecule has 7 atom stereocenters. The molecule has 12 rings (SSSR count). The van der Waals surface area contributed by atoms with Crippen LogP contribution >= 0.6 is 11.6 Å². The largest absolute Gasteiger partial charge is 0.379 e. The van der Waals surface area contributed by atoms with E-state index in [1.165, 1.54) is 23.3 Å². The molecule has 450 valence electrons. The summed E-state index contributed by atoms with van der Waals surface area (Å²) in [5.41, 5.74) is 23.4. The van der Waals surface area contributed by atoms with Gasteiger partial charge in [-0.2, -0.15) is 8.42 Å². The van der Waals surface area contributed by atoms with E-state index in [4.69, 9.17) is 15.8 Å². The maximum absolute atomic E-state index is 12.6. The highest BCUT2D eigenvalue weighted by Crippen LogP contribution is 2.37. The zero-order valence-electron chi connectivity index (χ0n) is 49.8. The number of hydrazine groups is 5. The summed E-state index contributed by atoms with van der Waals surface area (Å²) in [6.45, 7) is 19.9. The third-order valence-electron chi connectivity index (χ3n) is 15.2. The van der Waals surface area contributed by atoms with Crippen LogP contribution in [-0.2, 0) is 34.1 Å². The van der Waals surface area contributed by atoms with E-state index in [1.807, 2.05) is 196 Å². The first-order chi connectivity index (χ1) is 41.0. The van der Waals surface area contributed by atoms with E-state index in [2.05, 4.69) is 47.0 Å². The number of benzene rings is 7. The van der Waals surface area contributed by atoms with Crippen molar-refractivity contribution in [1.29, 1.82) is 0 Å². The summed E-state index contributed by atoms with van der Waals surface area (Å²) in [6, 6.07) is 56.5. The maximum atomic E-state index is 12.6. The highest BCUT2D eigenvalue weighted by molar-refractivity contribution is 7.87. The van der Waals surface area contributed by atoms with Crippen molar-refractivity contribution >= 4 is 79.7 Å². The SMILES string of the molecule is CC1C(=O)NN(c2ccccc2)C1C.CC1CN(c2cccc(Cl)c2)NC1=O.Cc1ccc(N2CC(C)C(=O)N2)cc1.Cc1ccc(OS(=O)(=O)c2ccc(N3NC(=O)C(C)C3c3ccccc3)cc2)cc1.Cc1cccc(N2CC(C)C(=O)N2)c1. The topological polar surface area (TPSA) is 205 Å². The second kappa shape index (κ2) is 28.2. The quantitative estimate of drug-likeness (QED) is 0.0855. The first-order valence-electron chi connectivity index (χ1n) is 28.6. The molecule has 18 nitrogen and oxygen atoms in total. The highest BCUT2D eigenvalue weighted by atomic mass is 35.5. The summed E-state index contributed by atoms with van der Waals surface area (Å²) in [5, 5.41) is 9.99. The summed E-state index contributed by atoms with van der Waals surface area (Å²) in [6.07, 6.45) is 0. The molecule has 0 radical (unpaired) electrons. The number of carbonyl (C=O) groups is 5. The molecule has 5 heterocycles. The van der Waals surface area contributed by atoms with Crippen molar-refractivity contribution in [3.63, 3.8) is 0 Å². The Balaban J connectivity index is 0.000000147. The van der Waals surface area contributed by atoms with Crippen LogP contribution in [0.15, 0.2) is 187 Å². The van der Waals surface area contributed by atoms with Crippen LogP contribution in [0, 0.1) is 50.4 Å². The van der Waals surface area contributed by atoms with Gasteiger partial charge < -0.3 is 4.18 Å². The molecular weight excluding hydrogens is 1130 g/mol. The van der Waals surface area contributed by atoms with E-state index in [9.17, 15) is 32.4 Å². The van der Waals surface area contributed by atoms with Crippen molar-refractivity contribution in [2.45, 2.75) is 79.3 Å². The fourth-order valence-electron chi connectivity index (χ4n) is 9.78. The monoisotopic (exact) mass is 1200 g/mol. The van der Waals surface area contributed by atoms with Gasteiger partial charge in [0.25, 0.3) is 0 Å². The van der Waals surface area contributed by atoms with Gasteiger partial charge in [0.15, 0.2) is 0 Å². The fourth-order valence-corrected chi connectivity index (χ4v) is 10.9. The Bertz CT molecular complexity index is 3510. The zero-order chi connectivity index (χ0) is 61.8. The zero-order valence-corrected chi connectivity index (χ0v) is 51.3. The van der Waals surface area contributed by atoms with Gasteiger partial charge in [-0.05, 0) is 130 Å². The van der Waals surface area contributed by atoms with Crippen molar-refractivity contribution < 1.29 is 36.6 Å². The Morgan fingerprint density at radius 2 is 0.849 bits per heavy atom. The number of carbonyl (C=O) groups excluding carboxylic acids is 5. The summed E-state index contributed by atoms with van der Waals surface area (Å²) >= 11 is 5.86. The van der Waals surface area contributed by atoms with Gasteiger partial charge in [-0.25, -0.2) is 0 Å². The molecule has 5 saturated heterocycles. The van der Waals surface area contributed by atoms with Crippen molar-refractivity contribution in [1.82, 2.24) is 27.1 Å². The van der Waals surface area contributed by atoms with E-state index in [0.29, 0.717) is 17.3 Å². The molecule has 5 N–H and O–H groups in total. The number of hydrogen-bond acceptors (Lipinski definition) is 13. The van der Waals surface area contributed by atoms with Gasteiger partial charge in [-0.15, -0.1) is 0 Å². The molecule has 0 bridgehead atoms. The van der Waals surface area contributed by atoms with Gasteiger partial charge in [0.2, 0.25) is 29.5 Å². The lowest BCUT2D eigenvalue weighted by molar-refractivity contribution is -0.122. The molecule has 5 fully saturated rings. The van der Waals surface area contributed by atoms with Crippen LogP contribution < -0.4 is 56.4 Å². The minimum Gasteiger partial charge on any atom is -0.379 e. The minimum absolute atomic E-state index is 0.0361. The summed E-state index contributed by atoms with van der Waals surface area (Å²) in [5.74, 6) is 0.540. The van der Waals surface area contributed by atoms with Crippen molar-refractivity contribution in [2.75, 3.05) is 44.7 Å². The summed E-state index contributed by atoms with van der Waals surface area (Å²) < 4.78 is 30.4. The van der Waals surface area contributed by atoms with E-state index in [1.54, 1.807) is 41.4 Å². The number of amides is 5. The molecule has 5 aliphatic heterocycles. The highest BCUT2D eigenvalue weighted by Gasteiger charge is 2.39. The van der Waals surface area contributed by atoms with Gasteiger partial charge in [0.05, 0.1) is 89.7 Å². The van der Waals surface area contributed by atoms with Crippen LogP contribution in [0.4, 0.5) is 28.4 Å². The average molecular weight is 1200 g/mol. The molecule has 20 heteroatoms. The van der Waals surface area contributed by atoms with Crippen LogP contribution in [0.5, 0.6) is 5.75 Å². The number of aryl methyl sites for hydroxylation is 3. The number of nitrogens with zero attached hydrogens (tertiary/aromatic N) is 5. The van der Waals surface area contributed by atoms with E-state index < -0.39 is 10.1 Å². The molecule has 5 amide bonds. The molecule has 7 aromatic rings. The normalized spacial score (nSPS) is 21.2. The average Bonchev–Trinajstić information content (AvgIpc) is 3.21. The first kappa shape index (κ1) is 63.0. The minimum atomic E-state index is -3.96.